The van der Waals surface area contributed by atoms with Gasteiger partial charge in [0.1, 0.15) is 0 Å². The Morgan fingerprint density at radius 3 is 2.20 bits per heavy atom. The number of nitrogen functional groups attached to an aromatic ring is 1. The van der Waals surface area contributed by atoms with Gasteiger partial charge in [-0.3, -0.25) is 0 Å². The fourth-order valence-corrected chi connectivity index (χ4v) is 2.70. The highest BCUT2D eigenvalue weighted by atomic mass is 15.2. The molecule has 84 valence electrons. The molecule has 3 nitrogen and oxygen atoms in total. The number of rotatable bonds is 2. The lowest BCUT2D eigenvalue weighted by atomic mass is 10.0. The highest BCUT2D eigenvalue weighted by Crippen LogP contribution is 2.68. The van der Waals surface area contributed by atoms with Crippen LogP contribution < -0.4 is 5.73 Å². The van der Waals surface area contributed by atoms with Gasteiger partial charge in [0.25, 0.3) is 0 Å². The SMILES string of the molecule is Cc1cn(CC2C(C)(C)C2(C)C)c(N)n1. The number of imidazole rings is 1. The van der Waals surface area contributed by atoms with E-state index in [1.165, 1.54) is 0 Å². The van der Waals surface area contributed by atoms with Gasteiger partial charge in [0.05, 0.1) is 5.69 Å². The maximum absolute atomic E-state index is 5.85. The fourth-order valence-electron chi connectivity index (χ4n) is 2.70. The Kier molecular flexibility index (Phi) is 1.95. The molecule has 0 aliphatic heterocycles. The summed E-state index contributed by atoms with van der Waals surface area (Å²) in [5, 5.41) is 0. The Hall–Kier alpha value is -0.990. The molecule has 0 radical (unpaired) electrons. The molecule has 3 heteroatoms. The summed E-state index contributed by atoms with van der Waals surface area (Å²) >= 11 is 0. The second-order valence-corrected chi connectivity index (χ2v) is 5.89. The van der Waals surface area contributed by atoms with Gasteiger partial charge in [-0.25, -0.2) is 4.98 Å². The van der Waals surface area contributed by atoms with Crippen molar-refractivity contribution >= 4 is 5.95 Å². The summed E-state index contributed by atoms with van der Waals surface area (Å²) in [5.41, 5.74) is 7.68. The van der Waals surface area contributed by atoms with Gasteiger partial charge in [-0.15, -0.1) is 0 Å². The van der Waals surface area contributed by atoms with Crippen molar-refractivity contribution in [3.63, 3.8) is 0 Å². The smallest absolute Gasteiger partial charge is 0.200 e. The van der Waals surface area contributed by atoms with E-state index in [4.69, 9.17) is 5.73 Å². The first kappa shape index (κ1) is 10.5. The van der Waals surface area contributed by atoms with Crippen molar-refractivity contribution in [2.45, 2.75) is 41.2 Å². The van der Waals surface area contributed by atoms with Crippen LogP contribution in [0.2, 0.25) is 0 Å². The van der Waals surface area contributed by atoms with Crippen LogP contribution in [0.1, 0.15) is 33.4 Å². The number of nitrogens with two attached hydrogens (primary N) is 1. The van der Waals surface area contributed by atoms with Crippen molar-refractivity contribution in [1.82, 2.24) is 9.55 Å². The van der Waals surface area contributed by atoms with Gasteiger partial charge >= 0.3 is 0 Å². The lowest BCUT2D eigenvalue weighted by molar-refractivity contribution is 0.457. The van der Waals surface area contributed by atoms with Gasteiger partial charge in [-0.05, 0) is 23.7 Å². The lowest BCUT2D eigenvalue weighted by Crippen LogP contribution is -2.07. The first-order valence-electron chi connectivity index (χ1n) is 5.56. The van der Waals surface area contributed by atoms with E-state index in [0.29, 0.717) is 22.7 Å². The Balaban J connectivity index is 2.16. The molecule has 15 heavy (non-hydrogen) atoms. The van der Waals surface area contributed by atoms with E-state index in [-0.39, 0.29) is 0 Å². The van der Waals surface area contributed by atoms with Crippen LogP contribution in [0.5, 0.6) is 0 Å². The molecule has 1 fully saturated rings. The van der Waals surface area contributed by atoms with Crippen LogP contribution in [-0.4, -0.2) is 9.55 Å². The van der Waals surface area contributed by atoms with Crippen LogP contribution in [-0.2, 0) is 6.54 Å². The number of aryl methyl sites for hydroxylation is 1. The second kappa shape index (κ2) is 2.77. The topological polar surface area (TPSA) is 43.8 Å². The minimum Gasteiger partial charge on any atom is -0.369 e. The van der Waals surface area contributed by atoms with Crippen LogP contribution >= 0.6 is 0 Å². The molecule has 0 spiro atoms. The summed E-state index contributed by atoms with van der Waals surface area (Å²) < 4.78 is 2.08. The van der Waals surface area contributed by atoms with Crippen molar-refractivity contribution in [3.05, 3.63) is 11.9 Å². The van der Waals surface area contributed by atoms with Crippen molar-refractivity contribution in [1.29, 1.82) is 0 Å². The molecule has 0 unspecified atom stereocenters. The lowest BCUT2D eigenvalue weighted by Gasteiger charge is -2.05. The molecule has 0 aromatic carbocycles. The van der Waals surface area contributed by atoms with Crippen LogP contribution in [0.25, 0.3) is 0 Å². The predicted molar refractivity (Wildman–Crippen MR) is 62.4 cm³/mol. The number of hydrogen-bond acceptors (Lipinski definition) is 2. The van der Waals surface area contributed by atoms with E-state index in [9.17, 15) is 0 Å². The largest absolute Gasteiger partial charge is 0.369 e. The number of nitrogens with zero attached hydrogens (tertiary/aromatic N) is 2. The highest BCUT2D eigenvalue weighted by molar-refractivity contribution is 5.23. The third-order valence-electron chi connectivity index (χ3n) is 4.63. The summed E-state index contributed by atoms with van der Waals surface area (Å²) in [4.78, 5) is 4.23. The summed E-state index contributed by atoms with van der Waals surface area (Å²) in [6.07, 6.45) is 2.04. The molecular formula is C12H21N3. The normalized spacial score (nSPS) is 23.0. The number of aromatic nitrogens is 2. The maximum atomic E-state index is 5.85. The molecule has 1 aliphatic carbocycles. The summed E-state index contributed by atoms with van der Waals surface area (Å²) in [6, 6.07) is 0. The Bertz CT molecular complexity index is 374. The molecule has 0 bridgehead atoms. The van der Waals surface area contributed by atoms with Crippen LogP contribution in [0.3, 0.4) is 0 Å². The van der Waals surface area contributed by atoms with Gasteiger partial charge in [-0.1, -0.05) is 27.7 Å². The Morgan fingerprint density at radius 2 is 1.87 bits per heavy atom. The maximum Gasteiger partial charge on any atom is 0.200 e. The molecule has 1 saturated carbocycles. The van der Waals surface area contributed by atoms with Gasteiger partial charge < -0.3 is 10.3 Å². The molecule has 1 heterocycles. The quantitative estimate of drug-likeness (QED) is 0.809. The molecular weight excluding hydrogens is 186 g/mol. The van der Waals surface area contributed by atoms with Crippen LogP contribution in [0.4, 0.5) is 5.95 Å². The molecule has 2 rings (SSSR count). The number of hydrogen-bond donors (Lipinski definition) is 1. The standard InChI is InChI=1S/C12H21N3/c1-8-6-15(10(13)14-8)7-9-11(2,3)12(9,4)5/h6,9H,7H2,1-5H3,(H2,13,14). The van der Waals surface area contributed by atoms with Gasteiger partial charge in [0.15, 0.2) is 5.95 Å². The van der Waals surface area contributed by atoms with Crippen LogP contribution in [0, 0.1) is 23.7 Å². The molecule has 0 saturated heterocycles. The van der Waals surface area contributed by atoms with E-state index in [2.05, 4.69) is 37.2 Å². The monoisotopic (exact) mass is 207 g/mol. The highest BCUT2D eigenvalue weighted by Gasteiger charge is 2.64. The van der Waals surface area contributed by atoms with E-state index in [0.717, 1.165) is 12.2 Å². The van der Waals surface area contributed by atoms with Crippen molar-refractivity contribution in [3.8, 4) is 0 Å². The third-order valence-corrected chi connectivity index (χ3v) is 4.63. The van der Waals surface area contributed by atoms with E-state index < -0.39 is 0 Å². The third kappa shape index (κ3) is 1.36. The predicted octanol–water partition coefficient (Wildman–Crippen LogP) is 2.46. The van der Waals surface area contributed by atoms with Crippen LogP contribution in [0.15, 0.2) is 6.20 Å². The van der Waals surface area contributed by atoms with E-state index in [1.807, 2.05) is 13.1 Å². The van der Waals surface area contributed by atoms with E-state index in [1.54, 1.807) is 0 Å². The number of anilines is 1. The molecule has 0 atom stereocenters. The minimum atomic E-state index is 0.414. The second-order valence-electron chi connectivity index (χ2n) is 5.89. The molecule has 0 amide bonds. The Morgan fingerprint density at radius 1 is 1.33 bits per heavy atom. The summed E-state index contributed by atoms with van der Waals surface area (Å²) in [6.45, 7) is 12.3. The summed E-state index contributed by atoms with van der Waals surface area (Å²) in [7, 11) is 0. The zero-order valence-corrected chi connectivity index (χ0v) is 10.3. The minimum absolute atomic E-state index is 0.414. The van der Waals surface area contributed by atoms with E-state index >= 15 is 0 Å². The first-order valence-corrected chi connectivity index (χ1v) is 5.56. The zero-order valence-electron chi connectivity index (χ0n) is 10.3. The molecule has 1 aromatic heterocycles. The molecule has 2 N–H and O–H groups in total. The fraction of sp³-hybridized carbons (Fsp3) is 0.750. The Labute approximate surface area is 91.7 Å². The van der Waals surface area contributed by atoms with Gasteiger partial charge in [-0.2, -0.15) is 0 Å². The van der Waals surface area contributed by atoms with Gasteiger partial charge in [0.2, 0.25) is 0 Å². The van der Waals surface area contributed by atoms with Gasteiger partial charge in [0, 0.05) is 12.7 Å². The first-order chi connectivity index (χ1) is 6.76. The van der Waals surface area contributed by atoms with Crippen molar-refractivity contribution in [2.24, 2.45) is 16.7 Å². The molecule has 1 aliphatic rings. The van der Waals surface area contributed by atoms with Crippen molar-refractivity contribution in [2.75, 3.05) is 5.73 Å². The average Bonchev–Trinajstić information content (AvgIpc) is 2.41. The van der Waals surface area contributed by atoms with Crippen molar-refractivity contribution < 1.29 is 0 Å². The zero-order chi connectivity index (χ0) is 11.4. The molecule has 1 aromatic rings. The summed E-state index contributed by atoms with van der Waals surface area (Å²) in [5.74, 6) is 1.34. The average molecular weight is 207 g/mol.